The van der Waals surface area contributed by atoms with E-state index in [0.717, 1.165) is 6.07 Å². The number of carbonyl (C=O) groups excluding carboxylic acids is 1. The highest BCUT2D eigenvalue weighted by atomic mass is 32.1. The summed E-state index contributed by atoms with van der Waals surface area (Å²) < 4.78 is 41.5. The molecule has 2 N–H and O–H groups in total. The molecule has 1 aromatic carbocycles. The second-order valence-corrected chi connectivity index (χ2v) is 6.14. The van der Waals surface area contributed by atoms with Gasteiger partial charge in [0.15, 0.2) is 11.5 Å². The van der Waals surface area contributed by atoms with Crippen molar-refractivity contribution in [3.63, 3.8) is 0 Å². The van der Waals surface area contributed by atoms with Gasteiger partial charge >= 0.3 is 6.18 Å². The van der Waals surface area contributed by atoms with Crippen LogP contribution in [-0.4, -0.2) is 27.6 Å². The van der Waals surface area contributed by atoms with Crippen LogP contribution < -0.4 is 10.6 Å². The van der Waals surface area contributed by atoms with Gasteiger partial charge in [-0.15, -0.1) is 12.6 Å². The molecular weight excluding hydrogens is 391 g/mol. The lowest BCUT2D eigenvalue weighted by atomic mass is 10.0. The predicted octanol–water partition coefficient (Wildman–Crippen LogP) is 3.65. The molecule has 0 radical (unpaired) electrons. The van der Waals surface area contributed by atoms with Crippen LogP contribution >= 0.6 is 12.6 Å². The van der Waals surface area contributed by atoms with E-state index in [4.69, 9.17) is 0 Å². The van der Waals surface area contributed by atoms with E-state index in [1.807, 2.05) is 0 Å². The van der Waals surface area contributed by atoms with Crippen LogP contribution in [0.1, 0.15) is 11.1 Å². The van der Waals surface area contributed by atoms with Crippen molar-refractivity contribution in [1.29, 1.82) is 0 Å². The number of hydrogen-bond donors (Lipinski definition) is 3. The van der Waals surface area contributed by atoms with Gasteiger partial charge in [0.2, 0.25) is 0 Å². The molecule has 0 bridgehead atoms. The highest BCUT2D eigenvalue weighted by molar-refractivity contribution is 7.83. The number of aryl methyl sites for hydroxylation is 1. The van der Waals surface area contributed by atoms with Gasteiger partial charge in [-0.25, -0.2) is 4.98 Å². The molecule has 2 aromatic heterocycles. The molecule has 0 aliphatic carbocycles. The Morgan fingerprint density at radius 3 is 2.64 bits per heavy atom. The first kappa shape index (κ1) is 19.7. The number of likely N-dealkylation sites (N-methyl/N-ethyl adjacent to an activating group) is 1. The predicted molar refractivity (Wildman–Crippen MR) is 103 cm³/mol. The quantitative estimate of drug-likeness (QED) is 0.456. The Labute approximate surface area is 163 Å². The minimum atomic E-state index is -4.52. The largest absolute Gasteiger partial charge is 0.417 e. The normalized spacial score (nSPS) is 12.3. The van der Waals surface area contributed by atoms with Gasteiger partial charge in [-0.1, -0.05) is 18.2 Å². The van der Waals surface area contributed by atoms with E-state index in [1.165, 1.54) is 34.3 Å². The molecule has 0 aliphatic heterocycles. The summed E-state index contributed by atoms with van der Waals surface area (Å²) >= 11 is 3.95. The van der Waals surface area contributed by atoms with Crippen LogP contribution in [0, 0.1) is 6.92 Å². The molecule has 3 rings (SSSR count). The second-order valence-electron chi connectivity index (χ2n) is 5.88. The Morgan fingerprint density at radius 1 is 1.29 bits per heavy atom. The first-order chi connectivity index (χ1) is 13.3. The molecule has 0 atom stereocenters. The SMILES string of the molecule is CN/C(=C\S)C(=O)Nc1cnc2cc(C)c(-c3ccccc3C(F)(F)F)nn12. The van der Waals surface area contributed by atoms with Gasteiger partial charge in [-0.3, -0.25) is 4.79 Å². The van der Waals surface area contributed by atoms with E-state index in [2.05, 4.69) is 33.3 Å². The van der Waals surface area contributed by atoms with Gasteiger partial charge < -0.3 is 10.6 Å². The number of amides is 1. The standard InChI is InChI=1S/C18H16F3N5OS/c1-10-7-14-23-8-15(24-17(27)13(9-28)22-2)26(14)25-16(10)11-5-3-4-6-12(11)18(19,20)21/h3-9,22,28H,1-2H3,(H,24,27)/b13-9-. The van der Waals surface area contributed by atoms with Crippen molar-refractivity contribution >= 4 is 30.0 Å². The van der Waals surface area contributed by atoms with E-state index in [-0.39, 0.29) is 22.8 Å². The molecule has 0 saturated carbocycles. The average molecular weight is 407 g/mol. The molecule has 0 spiro atoms. The zero-order valence-corrected chi connectivity index (χ0v) is 15.8. The first-order valence-corrected chi connectivity index (χ1v) is 8.63. The van der Waals surface area contributed by atoms with E-state index in [9.17, 15) is 18.0 Å². The molecule has 0 unspecified atom stereocenters. The third kappa shape index (κ3) is 3.68. The zero-order chi connectivity index (χ0) is 20.5. The van der Waals surface area contributed by atoms with Gasteiger partial charge in [0, 0.05) is 12.6 Å². The molecule has 3 aromatic rings. The molecule has 0 fully saturated rings. The Hall–Kier alpha value is -3.01. The first-order valence-electron chi connectivity index (χ1n) is 8.11. The van der Waals surface area contributed by atoms with Gasteiger partial charge in [0.25, 0.3) is 5.91 Å². The summed E-state index contributed by atoms with van der Waals surface area (Å²) in [6.45, 7) is 1.66. The molecule has 146 valence electrons. The Kier molecular flexibility index (Phi) is 5.32. The summed E-state index contributed by atoms with van der Waals surface area (Å²) in [5, 5.41) is 10.9. The maximum atomic E-state index is 13.4. The fourth-order valence-electron chi connectivity index (χ4n) is 2.71. The number of benzene rings is 1. The number of aromatic nitrogens is 3. The van der Waals surface area contributed by atoms with Gasteiger partial charge in [0.1, 0.15) is 5.70 Å². The number of halogens is 3. The van der Waals surface area contributed by atoms with Crippen LogP contribution in [0.15, 0.2) is 47.6 Å². The maximum absolute atomic E-state index is 13.4. The third-order valence-electron chi connectivity index (χ3n) is 4.06. The molecule has 10 heteroatoms. The van der Waals surface area contributed by atoms with Crippen molar-refractivity contribution < 1.29 is 18.0 Å². The highest BCUT2D eigenvalue weighted by Crippen LogP contribution is 2.37. The molecular formula is C18H16F3N5OS. The van der Waals surface area contributed by atoms with Crippen molar-refractivity contribution in [3.8, 4) is 11.3 Å². The Morgan fingerprint density at radius 2 is 2.00 bits per heavy atom. The van der Waals surface area contributed by atoms with E-state index >= 15 is 0 Å². The van der Waals surface area contributed by atoms with E-state index < -0.39 is 17.6 Å². The van der Waals surface area contributed by atoms with Crippen LogP contribution in [0.4, 0.5) is 19.0 Å². The van der Waals surface area contributed by atoms with Crippen molar-refractivity contribution in [2.75, 3.05) is 12.4 Å². The van der Waals surface area contributed by atoms with Gasteiger partial charge in [-0.2, -0.15) is 22.8 Å². The number of thiol groups is 1. The van der Waals surface area contributed by atoms with Crippen molar-refractivity contribution in [2.45, 2.75) is 13.1 Å². The average Bonchev–Trinajstić information content (AvgIpc) is 3.03. The number of hydrogen-bond acceptors (Lipinski definition) is 5. The summed E-state index contributed by atoms with van der Waals surface area (Å²) in [7, 11) is 1.56. The molecule has 6 nitrogen and oxygen atoms in total. The Bertz CT molecular complexity index is 1070. The van der Waals surface area contributed by atoms with Crippen LogP contribution in [0.2, 0.25) is 0 Å². The Balaban J connectivity index is 2.12. The number of carbonyl (C=O) groups is 1. The zero-order valence-electron chi connectivity index (χ0n) is 14.9. The minimum absolute atomic E-state index is 0.0495. The number of fused-ring (bicyclic) bond motifs is 1. The number of imidazole rings is 1. The van der Waals surface area contributed by atoms with Crippen molar-refractivity contribution in [2.24, 2.45) is 0 Å². The molecule has 1 amide bonds. The lowest BCUT2D eigenvalue weighted by Gasteiger charge is -2.14. The lowest BCUT2D eigenvalue weighted by molar-refractivity contribution is -0.137. The number of nitrogens with zero attached hydrogens (tertiary/aromatic N) is 3. The molecule has 2 heterocycles. The number of anilines is 1. The maximum Gasteiger partial charge on any atom is 0.417 e. The van der Waals surface area contributed by atoms with Crippen molar-refractivity contribution in [1.82, 2.24) is 19.9 Å². The summed E-state index contributed by atoms with van der Waals surface area (Å²) in [5.41, 5.74) is 0.430. The molecule has 28 heavy (non-hydrogen) atoms. The smallest absolute Gasteiger partial charge is 0.383 e. The van der Waals surface area contributed by atoms with Crippen LogP contribution in [-0.2, 0) is 11.0 Å². The summed E-state index contributed by atoms with van der Waals surface area (Å²) in [5.74, 6) is -0.271. The van der Waals surface area contributed by atoms with Gasteiger partial charge in [-0.05, 0) is 30.0 Å². The molecule has 0 saturated heterocycles. The van der Waals surface area contributed by atoms with E-state index in [0.29, 0.717) is 11.2 Å². The number of alkyl halides is 3. The summed E-state index contributed by atoms with van der Waals surface area (Å²) in [4.78, 5) is 16.4. The highest BCUT2D eigenvalue weighted by Gasteiger charge is 2.34. The fourth-order valence-corrected chi connectivity index (χ4v) is 2.96. The summed E-state index contributed by atoms with van der Waals surface area (Å²) in [6, 6.07) is 6.82. The monoisotopic (exact) mass is 407 g/mol. The van der Waals surface area contributed by atoms with E-state index in [1.54, 1.807) is 20.0 Å². The number of nitrogens with one attached hydrogen (secondary N) is 2. The van der Waals surface area contributed by atoms with Crippen LogP contribution in [0.5, 0.6) is 0 Å². The molecule has 0 aliphatic rings. The van der Waals surface area contributed by atoms with Crippen LogP contribution in [0.3, 0.4) is 0 Å². The van der Waals surface area contributed by atoms with Crippen molar-refractivity contribution in [3.05, 3.63) is 58.8 Å². The van der Waals surface area contributed by atoms with Gasteiger partial charge in [0.05, 0.1) is 17.5 Å². The minimum Gasteiger partial charge on any atom is -0.383 e. The van der Waals surface area contributed by atoms with Crippen LogP contribution in [0.25, 0.3) is 16.9 Å². The lowest BCUT2D eigenvalue weighted by Crippen LogP contribution is -2.23. The topological polar surface area (TPSA) is 71.3 Å². The third-order valence-corrected chi connectivity index (χ3v) is 4.31. The second kappa shape index (κ2) is 7.55. The summed E-state index contributed by atoms with van der Waals surface area (Å²) in [6.07, 6.45) is -3.14. The fraction of sp³-hybridized carbons (Fsp3) is 0.167. The number of rotatable bonds is 4.